The van der Waals surface area contributed by atoms with Gasteiger partial charge in [-0.05, 0) is 104 Å². The van der Waals surface area contributed by atoms with Crippen LogP contribution in [-0.2, 0) is 21.4 Å². The third kappa shape index (κ3) is 7.90. The van der Waals surface area contributed by atoms with Gasteiger partial charge in [0.25, 0.3) is 0 Å². The number of aliphatic imine (C=N–C) groups is 1. The van der Waals surface area contributed by atoms with Crippen LogP contribution in [-0.4, -0.2) is 38.6 Å². The van der Waals surface area contributed by atoms with Gasteiger partial charge in [-0.25, -0.2) is 0 Å². The van der Waals surface area contributed by atoms with Gasteiger partial charge in [0.2, 0.25) is 0 Å². The second kappa shape index (κ2) is 14.7. The Kier molecular flexibility index (Phi) is 10.8. The van der Waals surface area contributed by atoms with Crippen molar-refractivity contribution in [3.8, 4) is 17.2 Å². The zero-order chi connectivity index (χ0) is 29.1. The van der Waals surface area contributed by atoms with Crippen LogP contribution in [0.5, 0.6) is 17.2 Å². The average molecular weight is 558 g/mol. The minimum atomic E-state index is -0.354. The molecular weight excluding hydrogens is 514 g/mol. The van der Waals surface area contributed by atoms with Crippen molar-refractivity contribution in [1.82, 2.24) is 0 Å². The van der Waals surface area contributed by atoms with E-state index in [1.165, 1.54) is 18.2 Å². The lowest BCUT2D eigenvalue weighted by molar-refractivity contribution is -0.140. The van der Waals surface area contributed by atoms with Gasteiger partial charge in [0.1, 0.15) is 17.2 Å². The van der Waals surface area contributed by atoms with Crippen LogP contribution in [0.2, 0.25) is 0 Å². The normalized spacial score (nSPS) is 15.7. The predicted molar refractivity (Wildman–Crippen MR) is 164 cm³/mol. The van der Waals surface area contributed by atoms with Crippen molar-refractivity contribution in [2.75, 3.05) is 26.9 Å². The predicted octanol–water partition coefficient (Wildman–Crippen LogP) is 8.01. The number of fused-ring (bicyclic) bond motifs is 1. The van der Waals surface area contributed by atoms with E-state index in [9.17, 15) is 4.79 Å². The van der Waals surface area contributed by atoms with E-state index in [1.54, 1.807) is 0 Å². The first-order chi connectivity index (χ1) is 20.0. The van der Waals surface area contributed by atoms with Crippen molar-refractivity contribution in [2.24, 2.45) is 4.99 Å². The molecule has 1 atom stereocenters. The quantitative estimate of drug-likeness (QED) is 0.132. The van der Waals surface area contributed by atoms with Crippen molar-refractivity contribution < 1.29 is 23.7 Å². The first-order valence-corrected chi connectivity index (χ1v) is 14.8. The number of carbonyl (C=O) groups excluding carboxylic acids is 1. The molecule has 0 fully saturated rings. The van der Waals surface area contributed by atoms with Crippen LogP contribution < -0.4 is 14.2 Å². The summed E-state index contributed by atoms with van der Waals surface area (Å²) >= 11 is 0. The number of rotatable bonds is 16. The Bertz CT molecular complexity index is 1300. The molecule has 0 aromatic heterocycles. The van der Waals surface area contributed by atoms with Crippen molar-refractivity contribution in [1.29, 1.82) is 0 Å². The molecule has 3 aromatic rings. The number of hydrogen-bond acceptors (Lipinski definition) is 6. The van der Waals surface area contributed by atoms with Gasteiger partial charge in [0, 0.05) is 11.8 Å². The van der Waals surface area contributed by atoms with E-state index in [-0.39, 0.29) is 11.4 Å². The Morgan fingerprint density at radius 1 is 0.756 bits per heavy atom. The summed E-state index contributed by atoms with van der Waals surface area (Å²) in [7, 11) is 1.40. The van der Waals surface area contributed by atoms with Crippen molar-refractivity contribution >= 4 is 17.4 Å². The van der Waals surface area contributed by atoms with Crippen LogP contribution in [0.4, 0.5) is 5.69 Å². The molecule has 1 aliphatic heterocycles. The Hall–Kier alpha value is -3.80. The fourth-order valence-electron chi connectivity index (χ4n) is 5.08. The Balaban J connectivity index is 1.55. The van der Waals surface area contributed by atoms with E-state index >= 15 is 0 Å². The summed E-state index contributed by atoms with van der Waals surface area (Å²) in [5.41, 5.74) is 5.12. The fourth-order valence-corrected chi connectivity index (χ4v) is 5.08. The lowest BCUT2D eigenvalue weighted by Crippen LogP contribution is -2.33. The SMILES string of the molecule is CCCCOc1ccc(C2=Nc3ccc(OCCCC)cc3C2(C)Cc2ccc(OCCCC(=O)OC)cc2)cc1. The molecule has 6 heteroatoms. The van der Waals surface area contributed by atoms with Crippen LogP contribution in [0.25, 0.3) is 0 Å². The van der Waals surface area contributed by atoms with Gasteiger partial charge in [-0.2, -0.15) is 0 Å². The number of benzene rings is 3. The van der Waals surface area contributed by atoms with Crippen LogP contribution in [0.15, 0.2) is 71.7 Å². The number of hydrogen-bond donors (Lipinski definition) is 0. The zero-order valence-electron chi connectivity index (χ0n) is 24.9. The Morgan fingerprint density at radius 3 is 1.93 bits per heavy atom. The number of esters is 1. The van der Waals surface area contributed by atoms with Gasteiger partial charge in [-0.15, -0.1) is 0 Å². The first kappa shape index (κ1) is 30.2. The van der Waals surface area contributed by atoms with Crippen LogP contribution in [0, 0.1) is 0 Å². The second-order valence-corrected chi connectivity index (χ2v) is 10.7. The highest BCUT2D eigenvalue weighted by Crippen LogP contribution is 2.46. The smallest absolute Gasteiger partial charge is 0.305 e. The molecule has 1 aliphatic rings. The van der Waals surface area contributed by atoms with Gasteiger partial charge in [-0.3, -0.25) is 9.79 Å². The Morgan fingerprint density at radius 2 is 1.32 bits per heavy atom. The van der Waals surface area contributed by atoms with E-state index in [0.717, 1.165) is 72.9 Å². The number of methoxy groups -OCH3 is 1. The average Bonchev–Trinajstić information content (AvgIpc) is 3.28. The maximum atomic E-state index is 11.3. The van der Waals surface area contributed by atoms with Crippen molar-refractivity contribution in [2.45, 2.75) is 71.1 Å². The molecule has 1 heterocycles. The number of nitrogens with zero attached hydrogens (tertiary/aromatic N) is 1. The molecule has 1 unspecified atom stereocenters. The monoisotopic (exact) mass is 557 g/mol. The molecule has 0 N–H and O–H groups in total. The minimum absolute atomic E-state index is 0.218. The minimum Gasteiger partial charge on any atom is -0.494 e. The summed E-state index contributed by atoms with van der Waals surface area (Å²) in [5, 5.41) is 0. The zero-order valence-corrected chi connectivity index (χ0v) is 24.9. The molecule has 41 heavy (non-hydrogen) atoms. The van der Waals surface area contributed by atoms with Gasteiger partial charge < -0.3 is 18.9 Å². The summed E-state index contributed by atoms with van der Waals surface area (Å²) < 4.78 is 22.5. The number of carbonyl (C=O) groups is 1. The topological polar surface area (TPSA) is 66.3 Å². The summed E-state index contributed by atoms with van der Waals surface area (Å²) in [5.74, 6) is 2.34. The van der Waals surface area contributed by atoms with E-state index in [0.29, 0.717) is 26.1 Å². The maximum absolute atomic E-state index is 11.3. The standard InChI is InChI=1S/C35H43NO5/c1-5-7-21-39-29-17-13-27(14-18-29)34-35(3,31-24-30(41-22-8-6-2)19-20-32(31)36-34)25-26-11-15-28(16-12-26)40-23-9-10-33(37)38-4/h11-20,24H,5-10,21-23,25H2,1-4H3. The first-order valence-electron chi connectivity index (χ1n) is 14.8. The fraction of sp³-hybridized carbons (Fsp3) is 0.429. The summed E-state index contributed by atoms with van der Waals surface area (Å²) in [4.78, 5) is 16.5. The maximum Gasteiger partial charge on any atom is 0.305 e. The summed E-state index contributed by atoms with van der Waals surface area (Å²) in [6, 6.07) is 22.8. The number of ether oxygens (including phenoxy) is 4. The molecular formula is C35H43NO5. The molecule has 3 aromatic carbocycles. The highest BCUT2D eigenvalue weighted by Gasteiger charge is 2.40. The molecule has 0 bridgehead atoms. The molecule has 0 amide bonds. The number of unbranched alkanes of at least 4 members (excludes halogenated alkanes) is 2. The highest BCUT2D eigenvalue weighted by atomic mass is 16.5. The van der Waals surface area contributed by atoms with Gasteiger partial charge in [0.05, 0.1) is 38.3 Å². The van der Waals surface area contributed by atoms with Gasteiger partial charge in [0.15, 0.2) is 0 Å². The molecule has 0 radical (unpaired) electrons. The van der Waals surface area contributed by atoms with Crippen LogP contribution in [0.3, 0.4) is 0 Å². The molecule has 218 valence electrons. The second-order valence-electron chi connectivity index (χ2n) is 10.7. The third-order valence-electron chi connectivity index (χ3n) is 7.48. The molecule has 0 aliphatic carbocycles. The molecule has 0 saturated carbocycles. The highest BCUT2D eigenvalue weighted by molar-refractivity contribution is 6.12. The molecule has 6 nitrogen and oxygen atoms in total. The lowest BCUT2D eigenvalue weighted by atomic mass is 9.73. The Labute approximate surface area is 244 Å². The van der Waals surface area contributed by atoms with E-state index in [2.05, 4.69) is 57.2 Å². The molecule has 4 rings (SSSR count). The largest absolute Gasteiger partial charge is 0.494 e. The lowest BCUT2D eigenvalue weighted by Gasteiger charge is -2.29. The van der Waals surface area contributed by atoms with Crippen molar-refractivity contribution in [3.05, 3.63) is 83.4 Å². The van der Waals surface area contributed by atoms with E-state index in [4.69, 9.17) is 23.9 Å². The van der Waals surface area contributed by atoms with Crippen LogP contribution in [0.1, 0.15) is 76.0 Å². The summed E-state index contributed by atoms with van der Waals surface area (Å²) in [6.07, 6.45) is 6.02. The third-order valence-corrected chi connectivity index (χ3v) is 7.48. The van der Waals surface area contributed by atoms with Gasteiger partial charge in [-0.1, -0.05) is 38.8 Å². The van der Waals surface area contributed by atoms with Crippen LogP contribution >= 0.6 is 0 Å². The van der Waals surface area contributed by atoms with Gasteiger partial charge >= 0.3 is 5.97 Å². The van der Waals surface area contributed by atoms with E-state index < -0.39 is 0 Å². The van der Waals surface area contributed by atoms with Crippen molar-refractivity contribution in [3.63, 3.8) is 0 Å². The molecule has 0 spiro atoms. The molecule has 0 saturated heterocycles. The van der Waals surface area contributed by atoms with E-state index in [1.807, 2.05) is 30.3 Å². The summed E-state index contributed by atoms with van der Waals surface area (Å²) in [6.45, 7) is 8.51.